The topological polar surface area (TPSA) is 189 Å². The van der Waals surface area contributed by atoms with Gasteiger partial charge < -0.3 is 23.9 Å². The van der Waals surface area contributed by atoms with Gasteiger partial charge in [-0.15, -0.1) is 10.1 Å². The number of hydroxylamine groups is 4. The van der Waals surface area contributed by atoms with Crippen molar-refractivity contribution in [1.29, 1.82) is 0 Å². The van der Waals surface area contributed by atoms with Crippen molar-refractivity contribution in [2.24, 2.45) is 0 Å². The minimum atomic E-state index is -1.11. The predicted octanol–water partition coefficient (Wildman–Crippen LogP) is -1.14. The highest BCUT2D eigenvalue weighted by Crippen LogP contribution is 2.14. The second-order valence-electron chi connectivity index (χ2n) is 7.17. The van der Waals surface area contributed by atoms with Gasteiger partial charge >= 0.3 is 23.9 Å². The molecular weight excluding hydrogens is 476 g/mol. The maximum Gasteiger partial charge on any atom is 0.344 e. The molecule has 0 saturated carbocycles. The summed E-state index contributed by atoms with van der Waals surface area (Å²) in [7, 11) is 0. The number of amides is 4. The lowest BCUT2D eigenvalue weighted by Crippen LogP contribution is -2.33. The molecule has 4 amide bonds. The molecule has 0 aliphatic carbocycles. The van der Waals surface area contributed by atoms with Gasteiger partial charge in [0, 0.05) is 38.5 Å². The second-order valence-corrected chi connectivity index (χ2v) is 7.17. The summed E-state index contributed by atoms with van der Waals surface area (Å²) in [4.78, 5) is 101. The van der Waals surface area contributed by atoms with Gasteiger partial charge in [-0.1, -0.05) is 0 Å². The Labute approximate surface area is 198 Å². The minimum absolute atomic E-state index is 0.00819. The number of esters is 2. The molecule has 15 nitrogen and oxygen atoms in total. The van der Waals surface area contributed by atoms with Gasteiger partial charge in [-0.2, -0.15) is 0 Å². The quantitative estimate of drug-likeness (QED) is 0.121. The van der Waals surface area contributed by atoms with Crippen LogP contribution in [0.2, 0.25) is 0 Å². The second kappa shape index (κ2) is 13.7. The molecule has 2 aliphatic heterocycles. The molecule has 2 saturated heterocycles. The van der Waals surface area contributed by atoms with Crippen LogP contribution in [0.1, 0.15) is 51.4 Å². The maximum atomic E-state index is 11.6. The first kappa shape index (κ1) is 27.4. The van der Waals surface area contributed by atoms with Crippen LogP contribution in [-0.2, 0) is 62.2 Å². The van der Waals surface area contributed by atoms with Crippen molar-refractivity contribution in [3.8, 4) is 0 Å². The first-order chi connectivity index (χ1) is 16.7. The molecule has 0 bridgehead atoms. The Morgan fingerprint density at radius 3 is 1.51 bits per heavy atom. The van der Waals surface area contributed by atoms with E-state index in [-0.39, 0.29) is 71.4 Å². The van der Waals surface area contributed by atoms with Gasteiger partial charge in [0.05, 0.1) is 13.2 Å². The molecular formula is C20H24N2O13. The van der Waals surface area contributed by atoms with Gasteiger partial charge in [0.2, 0.25) is 0 Å². The van der Waals surface area contributed by atoms with E-state index in [1.165, 1.54) is 0 Å². The van der Waals surface area contributed by atoms with Gasteiger partial charge in [0.1, 0.15) is 19.6 Å². The van der Waals surface area contributed by atoms with Crippen LogP contribution in [0.3, 0.4) is 0 Å². The number of carbonyl (C=O) groups is 8. The SMILES string of the molecule is O=C(CCCC(=O)ON1C(=O)CCC1=O)OCCOCCOC(=O)CC(=O)ON1C(=O)CCC1=O. The number of hydrogen-bond acceptors (Lipinski definition) is 13. The standard InChI is InChI=1S/C20H24N2O13/c23-13-4-5-14(24)21(13)34-18(28)3-1-2-17(27)32-10-8-31-9-11-33-19(29)12-20(30)35-22-15(25)6-7-16(22)26/h1-12H2. The summed E-state index contributed by atoms with van der Waals surface area (Å²) in [6.07, 6.45) is -1.15. The van der Waals surface area contributed by atoms with E-state index in [0.717, 1.165) is 0 Å². The summed E-state index contributed by atoms with van der Waals surface area (Å²) in [5.41, 5.74) is 0. The third-order valence-corrected chi connectivity index (χ3v) is 4.43. The van der Waals surface area contributed by atoms with Crippen molar-refractivity contribution in [3.05, 3.63) is 0 Å². The molecule has 0 spiro atoms. The van der Waals surface area contributed by atoms with E-state index in [1.54, 1.807) is 0 Å². The molecule has 2 rings (SSSR count). The molecule has 15 heteroatoms. The van der Waals surface area contributed by atoms with E-state index in [9.17, 15) is 38.4 Å². The highest BCUT2D eigenvalue weighted by molar-refractivity contribution is 6.02. The molecule has 0 N–H and O–H groups in total. The van der Waals surface area contributed by atoms with Crippen LogP contribution in [0.15, 0.2) is 0 Å². The Morgan fingerprint density at radius 1 is 0.571 bits per heavy atom. The van der Waals surface area contributed by atoms with Gasteiger partial charge in [0.25, 0.3) is 23.6 Å². The Balaban J connectivity index is 1.43. The van der Waals surface area contributed by atoms with Crippen molar-refractivity contribution >= 4 is 47.5 Å². The zero-order chi connectivity index (χ0) is 25.8. The van der Waals surface area contributed by atoms with Crippen molar-refractivity contribution in [2.75, 3.05) is 26.4 Å². The van der Waals surface area contributed by atoms with Crippen molar-refractivity contribution in [2.45, 2.75) is 51.4 Å². The number of carbonyl (C=O) groups excluding carboxylic acids is 8. The minimum Gasteiger partial charge on any atom is -0.463 e. The first-order valence-corrected chi connectivity index (χ1v) is 10.7. The molecule has 0 aromatic heterocycles. The van der Waals surface area contributed by atoms with E-state index in [2.05, 4.69) is 9.68 Å². The van der Waals surface area contributed by atoms with Crippen LogP contribution in [0.4, 0.5) is 0 Å². The summed E-state index contributed by atoms with van der Waals surface area (Å²) >= 11 is 0. The average molecular weight is 500 g/mol. The largest absolute Gasteiger partial charge is 0.463 e. The van der Waals surface area contributed by atoms with E-state index in [1.807, 2.05) is 0 Å². The predicted molar refractivity (Wildman–Crippen MR) is 106 cm³/mol. The summed E-state index contributed by atoms with van der Waals surface area (Å²) in [6, 6.07) is 0. The fourth-order valence-electron chi connectivity index (χ4n) is 2.75. The molecule has 2 aliphatic rings. The Kier molecular flexibility index (Phi) is 10.7. The maximum absolute atomic E-state index is 11.6. The zero-order valence-electron chi connectivity index (χ0n) is 18.7. The zero-order valence-corrected chi connectivity index (χ0v) is 18.7. The Bertz CT molecular complexity index is 852. The van der Waals surface area contributed by atoms with Gasteiger partial charge in [-0.25, -0.2) is 9.59 Å². The summed E-state index contributed by atoms with van der Waals surface area (Å²) < 4.78 is 14.7. The number of nitrogens with zero attached hydrogens (tertiary/aromatic N) is 2. The van der Waals surface area contributed by atoms with Crippen LogP contribution in [0.25, 0.3) is 0 Å². The van der Waals surface area contributed by atoms with Crippen LogP contribution in [0.5, 0.6) is 0 Å². The third-order valence-electron chi connectivity index (χ3n) is 4.43. The molecule has 2 fully saturated rings. The third kappa shape index (κ3) is 9.48. The monoisotopic (exact) mass is 500 g/mol. The molecule has 2 heterocycles. The lowest BCUT2D eigenvalue weighted by Gasteiger charge is -2.12. The molecule has 192 valence electrons. The van der Waals surface area contributed by atoms with Gasteiger partial charge in [-0.3, -0.25) is 28.8 Å². The molecule has 0 aromatic carbocycles. The molecule has 0 aromatic rings. The highest BCUT2D eigenvalue weighted by atomic mass is 16.7. The first-order valence-electron chi connectivity index (χ1n) is 10.7. The van der Waals surface area contributed by atoms with Gasteiger partial charge in [-0.05, 0) is 6.42 Å². The number of hydrogen-bond donors (Lipinski definition) is 0. The van der Waals surface area contributed by atoms with Gasteiger partial charge in [0.15, 0.2) is 0 Å². The van der Waals surface area contributed by atoms with Crippen LogP contribution >= 0.6 is 0 Å². The number of imide groups is 2. The van der Waals surface area contributed by atoms with E-state index in [0.29, 0.717) is 10.1 Å². The fourth-order valence-corrected chi connectivity index (χ4v) is 2.75. The summed E-state index contributed by atoms with van der Waals surface area (Å²) in [6.45, 7) is -0.364. The molecule has 0 atom stereocenters. The van der Waals surface area contributed by atoms with E-state index < -0.39 is 53.9 Å². The van der Waals surface area contributed by atoms with Crippen LogP contribution < -0.4 is 0 Å². The van der Waals surface area contributed by atoms with Crippen molar-refractivity contribution < 1.29 is 62.2 Å². The highest BCUT2D eigenvalue weighted by Gasteiger charge is 2.34. The Morgan fingerprint density at radius 2 is 1.00 bits per heavy atom. The number of rotatable bonds is 14. The van der Waals surface area contributed by atoms with Crippen molar-refractivity contribution in [3.63, 3.8) is 0 Å². The van der Waals surface area contributed by atoms with E-state index >= 15 is 0 Å². The van der Waals surface area contributed by atoms with Crippen LogP contribution in [-0.4, -0.2) is 84.1 Å². The summed E-state index contributed by atoms with van der Waals surface area (Å²) in [5, 5.41) is 0.754. The molecule has 0 radical (unpaired) electrons. The average Bonchev–Trinajstić information content (AvgIpc) is 3.28. The summed E-state index contributed by atoms with van der Waals surface area (Å²) in [5.74, 6) is -5.98. The Hall–Kier alpha value is -3.88. The molecule has 35 heavy (non-hydrogen) atoms. The fraction of sp³-hybridized carbons (Fsp3) is 0.600. The lowest BCUT2D eigenvalue weighted by molar-refractivity contribution is -0.198. The number of ether oxygens (including phenoxy) is 3. The smallest absolute Gasteiger partial charge is 0.344 e. The van der Waals surface area contributed by atoms with E-state index in [4.69, 9.17) is 14.2 Å². The lowest BCUT2D eigenvalue weighted by atomic mass is 10.2. The molecule has 0 unspecified atom stereocenters. The van der Waals surface area contributed by atoms with Crippen LogP contribution in [0, 0.1) is 0 Å². The van der Waals surface area contributed by atoms with Crippen molar-refractivity contribution in [1.82, 2.24) is 10.1 Å². The normalized spacial score (nSPS) is 15.4.